The predicted molar refractivity (Wildman–Crippen MR) is 103 cm³/mol. The first kappa shape index (κ1) is 20.4. The van der Waals surface area contributed by atoms with Gasteiger partial charge in [-0.25, -0.2) is 4.68 Å². The summed E-state index contributed by atoms with van der Waals surface area (Å²) in [5.41, 5.74) is 0.865. The SMILES string of the molecule is CCCCN(CC)CCNC(=O)[C@H](CC)N1C(=O)CCn2nc(C)cc21. The van der Waals surface area contributed by atoms with Crippen LogP contribution in [0.5, 0.6) is 0 Å². The van der Waals surface area contributed by atoms with E-state index in [2.05, 4.69) is 29.2 Å². The van der Waals surface area contributed by atoms with E-state index in [-0.39, 0.29) is 11.8 Å². The predicted octanol–water partition coefficient (Wildman–Crippen LogP) is 1.95. The van der Waals surface area contributed by atoms with Crippen LogP contribution in [-0.4, -0.2) is 58.7 Å². The quantitative estimate of drug-likeness (QED) is 0.690. The summed E-state index contributed by atoms with van der Waals surface area (Å²) in [6, 6.07) is 1.40. The van der Waals surface area contributed by atoms with Gasteiger partial charge in [0.25, 0.3) is 0 Å². The lowest BCUT2D eigenvalue weighted by atomic mass is 10.1. The second-order valence-corrected chi connectivity index (χ2v) is 6.88. The van der Waals surface area contributed by atoms with Gasteiger partial charge in [0.05, 0.1) is 12.2 Å². The summed E-state index contributed by atoms with van der Waals surface area (Å²) in [6.45, 7) is 12.2. The number of anilines is 1. The third kappa shape index (κ3) is 4.84. The summed E-state index contributed by atoms with van der Waals surface area (Å²) in [5.74, 6) is 0.649. The van der Waals surface area contributed by atoms with Crippen LogP contribution >= 0.6 is 0 Å². The molecule has 1 aromatic heterocycles. The van der Waals surface area contributed by atoms with Crippen LogP contribution in [0, 0.1) is 6.92 Å². The highest BCUT2D eigenvalue weighted by molar-refractivity contribution is 6.00. The van der Waals surface area contributed by atoms with Crippen LogP contribution in [0.2, 0.25) is 0 Å². The number of carbonyl (C=O) groups is 2. The molecule has 7 nitrogen and oxygen atoms in total. The average molecular weight is 364 g/mol. The fourth-order valence-corrected chi connectivity index (χ4v) is 3.42. The van der Waals surface area contributed by atoms with Gasteiger partial charge in [-0.15, -0.1) is 0 Å². The molecule has 1 aliphatic rings. The summed E-state index contributed by atoms with van der Waals surface area (Å²) < 4.78 is 1.83. The van der Waals surface area contributed by atoms with Crippen molar-refractivity contribution in [3.8, 4) is 0 Å². The van der Waals surface area contributed by atoms with Crippen LogP contribution in [0.3, 0.4) is 0 Å². The number of nitrogens with one attached hydrogen (secondary N) is 1. The van der Waals surface area contributed by atoms with Crippen LogP contribution in [0.15, 0.2) is 6.07 Å². The first-order valence-electron chi connectivity index (χ1n) is 9.88. The Kier molecular flexibility index (Phi) is 7.63. The molecule has 0 fully saturated rings. The van der Waals surface area contributed by atoms with Gasteiger partial charge in [-0.05, 0) is 32.9 Å². The van der Waals surface area contributed by atoms with Crippen molar-refractivity contribution < 1.29 is 9.59 Å². The Morgan fingerprint density at radius 2 is 2.12 bits per heavy atom. The van der Waals surface area contributed by atoms with Gasteiger partial charge in [0.2, 0.25) is 11.8 Å². The number of aromatic nitrogens is 2. The highest BCUT2D eigenvalue weighted by Gasteiger charge is 2.34. The van der Waals surface area contributed by atoms with Crippen molar-refractivity contribution >= 4 is 17.6 Å². The van der Waals surface area contributed by atoms with Gasteiger partial charge in [0.15, 0.2) is 0 Å². The third-order valence-corrected chi connectivity index (χ3v) is 4.94. The fraction of sp³-hybridized carbons (Fsp3) is 0.737. The first-order valence-corrected chi connectivity index (χ1v) is 9.88. The number of aryl methyl sites for hydroxylation is 2. The lowest BCUT2D eigenvalue weighted by Gasteiger charge is -2.33. The second kappa shape index (κ2) is 9.71. The maximum absolute atomic E-state index is 12.8. The van der Waals surface area contributed by atoms with Crippen LogP contribution in [0.25, 0.3) is 0 Å². The minimum Gasteiger partial charge on any atom is -0.353 e. The Balaban J connectivity index is 1.99. The van der Waals surface area contributed by atoms with E-state index >= 15 is 0 Å². The summed E-state index contributed by atoms with van der Waals surface area (Å²) in [7, 11) is 0. The van der Waals surface area contributed by atoms with Crippen LogP contribution in [0.1, 0.15) is 52.1 Å². The lowest BCUT2D eigenvalue weighted by molar-refractivity contribution is -0.127. The topological polar surface area (TPSA) is 70.5 Å². The van der Waals surface area contributed by atoms with E-state index in [0.717, 1.165) is 31.1 Å². The largest absolute Gasteiger partial charge is 0.353 e. The van der Waals surface area contributed by atoms with Crippen molar-refractivity contribution in [1.29, 1.82) is 0 Å². The Bertz CT molecular complexity index is 613. The van der Waals surface area contributed by atoms with E-state index in [0.29, 0.717) is 25.9 Å². The molecule has 0 aromatic carbocycles. The number of hydrogen-bond donors (Lipinski definition) is 1. The molecule has 7 heteroatoms. The molecule has 0 saturated carbocycles. The van der Waals surface area contributed by atoms with E-state index in [1.54, 1.807) is 4.90 Å². The average Bonchev–Trinajstić information content (AvgIpc) is 3.00. The molecule has 1 aliphatic heterocycles. The van der Waals surface area contributed by atoms with Gasteiger partial charge in [0.1, 0.15) is 11.9 Å². The van der Waals surface area contributed by atoms with Gasteiger partial charge in [-0.1, -0.05) is 27.2 Å². The van der Waals surface area contributed by atoms with Crippen molar-refractivity contribution in [3.05, 3.63) is 11.8 Å². The molecule has 146 valence electrons. The Labute approximate surface area is 156 Å². The molecular formula is C19H33N5O2. The minimum atomic E-state index is -0.483. The van der Waals surface area contributed by atoms with Crippen molar-refractivity contribution in [1.82, 2.24) is 20.0 Å². The number of rotatable bonds is 10. The zero-order chi connectivity index (χ0) is 19.1. The molecular weight excluding hydrogens is 330 g/mol. The molecule has 0 spiro atoms. The van der Waals surface area contributed by atoms with Crippen molar-refractivity contribution in [2.45, 2.75) is 66.0 Å². The number of fused-ring (bicyclic) bond motifs is 1. The second-order valence-electron chi connectivity index (χ2n) is 6.88. The molecule has 1 aromatic rings. The van der Waals surface area contributed by atoms with E-state index in [4.69, 9.17) is 0 Å². The zero-order valence-electron chi connectivity index (χ0n) is 16.6. The summed E-state index contributed by atoms with van der Waals surface area (Å²) in [5, 5.41) is 7.45. The van der Waals surface area contributed by atoms with Gasteiger partial charge >= 0.3 is 0 Å². The number of nitrogens with zero attached hydrogens (tertiary/aromatic N) is 4. The summed E-state index contributed by atoms with van der Waals surface area (Å²) in [4.78, 5) is 29.3. The van der Waals surface area contributed by atoms with E-state index in [1.807, 2.05) is 24.6 Å². The Hall–Kier alpha value is -1.89. The molecule has 1 N–H and O–H groups in total. The number of carbonyl (C=O) groups excluding carboxylic acids is 2. The highest BCUT2D eigenvalue weighted by Crippen LogP contribution is 2.25. The standard InChI is InChI=1S/C19H33N5O2/c1-5-8-11-22(7-3)13-10-20-19(26)16(6-2)24-17-14-15(4)21-23(17)12-9-18(24)25/h14,16H,5-13H2,1-4H3,(H,20,26)/t16-/m0/s1. The smallest absolute Gasteiger partial charge is 0.243 e. The fourth-order valence-electron chi connectivity index (χ4n) is 3.42. The van der Waals surface area contributed by atoms with E-state index in [9.17, 15) is 9.59 Å². The summed E-state index contributed by atoms with van der Waals surface area (Å²) >= 11 is 0. The van der Waals surface area contributed by atoms with Gasteiger partial charge in [-0.2, -0.15) is 5.10 Å². The molecule has 0 radical (unpaired) electrons. The van der Waals surface area contributed by atoms with Crippen LogP contribution < -0.4 is 10.2 Å². The Morgan fingerprint density at radius 3 is 2.77 bits per heavy atom. The van der Waals surface area contributed by atoms with Crippen molar-refractivity contribution in [3.63, 3.8) is 0 Å². The molecule has 1 atom stereocenters. The number of likely N-dealkylation sites (N-methyl/N-ethyl adjacent to an activating group) is 1. The third-order valence-electron chi connectivity index (χ3n) is 4.94. The molecule has 0 saturated heterocycles. The molecule has 26 heavy (non-hydrogen) atoms. The maximum atomic E-state index is 12.8. The van der Waals surface area contributed by atoms with Crippen LogP contribution in [-0.2, 0) is 16.1 Å². The zero-order valence-corrected chi connectivity index (χ0v) is 16.6. The maximum Gasteiger partial charge on any atom is 0.243 e. The van der Waals surface area contributed by atoms with Gasteiger partial charge in [-0.3, -0.25) is 14.5 Å². The molecule has 0 aliphatic carbocycles. The van der Waals surface area contributed by atoms with Gasteiger partial charge in [0, 0.05) is 25.6 Å². The van der Waals surface area contributed by atoms with Crippen molar-refractivity contribution in [2.75, 3.05) is 31.1 Å². The molecule has 0 unspecified atom stereocenters. The molecule has 0 bridgehead atoms. The number of hydrogen-bond acceptors (Lipinski definition) is 4. The normalized spacial score (nSPS) is 15.3. The molecule has 2 heterocycles. The highest BCUT2D eigenvalue weighted by atomic mass is 16.2. The lowest BCUT2D eigenvalue weighted by Crippen LogP contribution is -2.53. The monoisotopic (exact) mass is 363 g/mol. The molecule has 2 amide bonds. The van der Waals surface area contributed by atoms with Gasteiger partial charge < -0.3 is 10.2 Å². The number of amides is 2. The first-order chi connectivity index (χ1) is 12.5. The van der Waals surface area contributed by atoms with E-state index < -0.39 is 6.04 Å². The van der Waals surface area contributed by atoms with Crippen molar-refractivity contribution in [2.24, 2.45) is 0 Å². The Morgan fingerprint density at radius 1 is 1.35 bits per heavy atom. The van der Waals surface area contributed by atoms with Crippen LogP contribution in [0.4, 0.5) is 5.82 Å². The minimum absolute atomic E-state index is 0.00229. The van der Waals surface area contributed by atoms with E-state index in [1.165, 1.54) is 12.8 Å². The number of unbranched alkanes of at least 4 members (excludes halogenated alkanes) is 1. The summed E-state index contributed by atoms with van der Waals surface area (Å²) in [6.07, 6.45) is 3.31. The molecule has 2 rings (SSSR count).